The van der Waals surface area contributed by atoms with Gasteiger partial charge in [0.2, 0.25) is 0 Å². The van der Waals surface area contributed by atoms with E-state index in [9.17, 15) is 0 Å². The zero-order chi connectivity index (χ0) is 12.1. The Morgan fingerprint density at radius 2 is 2.12 bits per heavy atom. The highest BCUT2D eigenvalue weighted by atomic mass is 15.2. The van der Waals surface area contributed by atoms with Crippen molar-refractivity contribution in [1.82, 2.24) is 15.2 Å². The number of pyridine rings is 1. The molecule has 1 aromatic rings. The molecule has 0 amide bonds. The lowest BCUT2D eigenvalue weighted by molar-refractivity contribution is 0.251. The van der Waals surface area contributed by atoms with Crippen molar-refractivity contribution in [2.75, 3.05) is 19.6 Å². The third-order valence-electron chi connectivity index (χ3n) is 3.46. The molecule has 0 saturated carbocycles. The summed E-state index contributed by atoms with van der Waals surface area (Å²) in [4.78, 5) is 6.78. The smallest absolute Gasteiger partial charge is 0.0313 e. The third kappa shape index (κ3) is 3.79. The van der Waals surface area contributed by atoms with Crippen molar-refractivity contribution in [1.29, 1.82) is 0 Å². The molecule has 2 rings (SSSR count). The van der Waals surface area contributed by atoms with Gasteiger partial charge in [-0.3, -0.25) is 9.88 Å². The average molecular weight is 233 g/mol. The highest BCUT2D eigenvalue weighted by molar-refractivity contribution is 5.16. The molecule has 1 fully saturated rings. The van der Waals surface area contributed by atoms with Gasteiger partial charge in [0.25, 0.3) is 0 Å². The van der Waals surface area contributed by atoms with E-state index in [1.54, 1.807) is 0 Å². The summed E-state index contributed by atoms with van der Waals surface area (Å²) in [5.41, 5.74) is 2.51. The molecule has 0 aromatic carbocycles. The van der Waals surface area contributed by atoms with Crippen LogP contribution >= 0.6 is 0 Å². The molecule has 0 spiro atoms. The second-order valence-corrected chi connectivity index (χ2v) is 5.09. The fourth-order valence-electron chi connectivity index (χ4n) is 2.45. The quantitative estimate of drug-likeness (QED) is 0.842. The van der Waals surface area contributed by atoms with Crippen LogP contribution in [0.4, 0.5) is 0 Å². The molecular formula is C14H23N3. The van der Waals surface area contributed by atoms with E-state index >= 15 is 0 Å². The first-order valence-corrected chi connectivity index (χ1v) is 6.61. The molecule has 0 radical (unpaired) electrons. The van der Waals surface area contributed by atoms with E-state index in [1.165, 1.54) is 37.1 Å². The van der Waals surface area contributed by atoms with E-state index in [-0.39, 0.29) is 0 Å². The molecule has 1 unspecified atom stereocenters. The van der Waals surface area contributed by atoms with Gasteiger partial charge < -0.3 is 5.32 Å². The first kappa shape index (κ1) is 12.5. The van der Waals surface area contributed by atoms with Crippen molar-refractivity contribution in [3.63, 3.8) is 0 Å². The molecule has 1 N–H and O–H groups in total. The van der Waals surface area contributed by atoms with Crippen LogP contribution in [0.25, 0.3) is 0 Å². The highest BCUT2D eigenvalue weighted by Crippen LogP contribution is 2.10. The molecule has 1 atom stereocenters. The lowest BCUT2D eigenvalue weighted by atomic mass is 10.2. The molecule has 1 aliphatic rings. The van der Waals surface area contributed by atoms with Gasteiger partial charge in [0.15, 0.2) is 0 Å². The summed E-state index contributed by atoms with van der Waals surface area (Å²) in [7, 11) is 0. The van der Waals surface area contributed by atoms with Crippen molar-refractivity contribution < 1.29 is 0 Å². The van der Waals surface area contributed by atoms with Crippen molar-refractivity contribution in [3.8, 4) is 0 Å². The maximum absolute atomic E-state index is 4.21. The molecule has 3 heteroatoms. The largest absolute Gasteiger partial charge is 0.311 e. The molecule has 2 heterocycles. The summed E-state index contributed by atoms with van der Waals surface area (Å²) < 4.78 is 0. The summed E-state index contributed by atoms with van der Waals surface area (Å²) in [6, 6.07) is 2.84. The number of rotatable bonds is 5. The first-order chi connectivity index (χ1) is 8.25. The van der Waals surface area contributed by atoms with Gasteiger partial charge in [-0.25, -0.2) is 0 Å². The van der Waals surface area contributed by atoms with Crippen LogP contribution in [0.3, 0.4) is 0 Å². The maximum atomic E-state index is 4.21. The van der Waals surface area contributed by atoms with E-state index in [0.29, 0.717) is 6.04 Å². The van der Waals surface area contributed by atoms with Gasteiger partial charge in [-0.05, 0) is 50.9 Å². The van der Waals surface area contributed by atoms with Crippen LogP contribution in [0.15, 0.2) is 18.5 Å². The summed E-state index contributed by atoms with van der Waals surface area (Å²) in [5, 5.41) is 3.52. The minimum absolute atomic E-state index is 0.648. The van der Waals surface area contributed by atoms with E-state index in [2.05, 4.69) is 35.1 Å². The predicted molar refractivity (Wildman–Crippen MR) is 70.9 cm³/mol. The highest BCUT2D eigenvalue weighted by Gasteiger charge is 2.17. The summed E-state index contributed by atoms with van der Waals surface area (Å²) in [6.45, 7) is 8.93. The van der Waals surface area contributed by atoms with E-state index in [1.807, 2.05) is 12.4 Å². The van der Waals surface area contributed by atoms with E-state index in [4.69, 9.17) is 0 Å². The number of likely N-dealkylation sites (tertiary alicyclic amines) is 1. The number of aromatic nitrogens is 1. The molecular weight excluding hydrogens is 210 g/mol. The van der Waals surface area contributed by atoms with Crippen molar-refractivity contribution in [2.45, 2.75) is 39.3 Å². The summed E-state index contributed by atoms with van der Waals surface area (Å²) in [6.07, 6.45) is 6.58. The van der Waals surface area contributed by atoms with E-state index < -0.39 is 0 Å². The Kier molecular flexibility index (Phi) is 4.51. The zero-order valence-electron chi connectivity index (χ0n) is 10.9. The monoisotopic (exact) mass is 233 g/mol. The third-order valence-corrected chi connectivity index (χ3v) is 3.46. The molecule has 1 aromatic heterocycles. The topological polar surface area (TPSA) is 28.2 Å². The Bertz CT molecular complexity index is 345. The van der Waals surface area contributed by atoms with Crippen LogP contribution in [-0.4, -0.2) is 35.6 Å². The SMILES string of the molecule is Cc1cncc(CNCC(C)N2CCCC2)c1. The molecule has 0 bridgehead atoms. The number of nitrogens with zero attached hydrogens (tertiary/aromatic N) is 2. The van der Waals surface area contributed by atoms with Gasteiger partial charge in [0.05, 0.1) is 0 Å². The Labute approximate surface area is 104 Å². The van der Waals surface area contributed by atoms with Crippen LogP contribution < -0.4 is 5.32 Å². The van der Waals surface area contributed by atoms with Gasteiger partial charge in [-0.15, -0.1) is 0 Å². The lowest BCUT2D eigenvalue weighted by Crippen LogP contribution is -2.38. The second kappa shape index (κ2) is 6.12. The standard InChI is InChI=1S/C14H23N3/c1-12-7-14(10-15-8-12)11-16-9-13(2)17-5-3-4-6-17/h7-8,10,13,16H,3-6,9,11H2,1-2H3. The molecule has 3 nitrogen and oxygen atoms in total. The van der Waals surface area contributed by atoms with E-state index in [0.717, 1.165) is 13.1 Å². The minimum atomic E-state index is 0.648. The Hall–Kier alpha value is -0.930. The summed E-state index contributed by atoms with van der Waals surface area (Å²) in [5.74, 6) is 0. The van der Waals surface area contributed by atoms with Crippen molar-refractivity contribution in [2.24, 2.45) is 0 Å². The normalized spacial score (nSPS) is 18.5. The van der Waals surface area contributed by atoms with Gasteiger partial charge >= 0.3 is 0 Å². The van der Waals surface area contributed by atoms with Crippen LogP contribution in [-0.2, 0) is 6.54 Å². The van der Waals surface area contributed by atoms with Crippen LogP contribution in [0.2, 0.25) is 0 Å². The van der Waals surface area contributed by atoms with Gasteiger partial charge in [0.1, 0.15) is 0 Å². The molecule has 1 aliphatic heterocycles. The van der Waals surface area contributed by atoms with Gasteiger partial charge in [0, 0.05) is 31.5 Å². The second-order valence-electron chi connectivity index (χ2n) is 5.09. The Morgan fingerprint density at radius 1 is 1.35 bits per heavy atom. The Balaban J connectivity index is 1.71. The first-order valence-electron chi connectivity index (χ1n) is 6.61. The molecule has 1 saturated heterocycles. The van der Waals surface area contributed by atoms with Crippen LogP contribution in [0.5, 0.6) is 0 Å². The number of hydrogen-bond acceptors (Lipinski definition) is 3. The summed E-state index contributed by atoms with van der Waals surface area (Å²) >= 11 is 0. The van der Waals surface area contributed by atoms with Crippen molar-refractivity contribution in [3.05, 3.63) is 29.6 Å². The molecule has 0 aliphatic carbocycles. The average Bonchev–Trinajstić information content (AvgIpc) is 2.82. The maximum Gasteiger partial charge on any atom is 0.0313 e. The Morgan fingerprint density at radius 3 is 2.82 bits per heavy atom. The fourth-order valence-corrected chi connectivity index (χ4v) is 2.45. The lowest BCUT2D eigenvalue weighted by Gasteiger charge is -2.23. The minimum Gasteiger partial charge on any atom is -0.311 e. The zero-order valence-corrected chi connectivity index (χ0v) is 10.9. The molecule has 17 heavy (non-hydrogen) atoms. The number of hydrogen-bond donors (Lipinski definition) is 1. The number of nitrogens with one attached hydrogen (secondary N) is 1. The number of aryl methyl sites for hydroxylation is 1. The fraction of sp³-hybridized carbons (Fsp3) is 0.643. The molecule has 94 valence electrons. The van der Waals surface area contributed by atoms with Crippen LogP contribution in [0.1, 0.15) is 30.9 Å². The van der Waals surface area contributed by atoms with Gasteiger partial charge in [-0.2, -0.15) is 0 Å². The van der Waals surface area contributed by atoms with Crippen molar-refractivity contribution >= 4 is 0 Å². The van der Waals surface area contributed by atoms with Gasteiger partial charge in [-0.1, -0.05) is 6.07 Å². The van der Waals surface area contributed by atoms with Crippen LogP contribution in [0, 0.1) is 6.92 Å². The predicted octanol–water partition coefficient (Wildman–Crippen LogP) is 1.96.